The maximum absolute atomic E-state index is 4.42. The van der Waals surface area contributed by atoms with Crippen molar-refractivity contribution in [1.82, 2.24) is 9.55 Å². The topological polar surface area (TPSA) is 17.8 Å². The van der Waals surface area contributed by atoms with E-state index in [9.17, 15) is 0 Å². The van der Waals surface area contributed by atoms with Crippen LogP contribution in [0, 0.1) is 6.92 Å². The summed E-state index contributed by atoms with van der Waals surface area (Å²) in [5.74, 6) is 0. The normalized spacial score (nSPS) is 11.4. The largest absolute Gasteiger partial charge is 0.330 e. The Hall–Kier alpha value is -1.31. The first kappa shape index (κ1) is 8.30. The number of pyridine rings is 1. The third-order valence-electron chi connectivity index (χ3n) is 2.25. The Morgan fingerprint density at radius 3 is 2.85 bits per heavy atom. The van der Waals surface area contributed by atoms with Crippen LogP contribution in [0.3, 0.4) is 0 Å². The molecule has 0 atom stereocenters. The first-order chi connectivity index (χ1) is 6.18. The summed E-state index contributed by atoms with van der Waals surface area (Å²) in [5, 5.41) is 1.23. The first-order valence-corrected chi connectivity index (χ1v) is 4.61. The number of nitrogens with zero attached hydrogens (tertiary/aromatic N) is 2. The Labute approximate surface area is 78.2 Å². The number of rotatable bonds is 1. The van der Waals surface area contributed by atoms with Crippen LogP contribution in [-0.4, -0.2) is 9.55 Å². The molecule has 2 aromatic rings. The Balaban J connectivity index is 2.69. The molecule has 0 radical (unpaired) electrons. The molecule has 0 spiro atoms. The van der Waals surface area contributed by atoms with E-state index in [4.69, 9.17) is 0 Å². The van der Waals surface area contributed by atoms with Crippen molar-refractivity contribution in [1.29, 1.82) is 0 Å². The van der Waals surface area contributed by atoms with Crippen molar-refractivity contribution in [3.63, 3.8) is 0 Å². The molecule has 0 aromatic carbocycles. The molecule has 0 unspecified atom stereocenters. The molecule has 2 heterocycles. The Kier molecular flexibility index (Phi) is 1.83. The lowest BCUT2D eigenvalue weighted by atomic mass is 10.2. The summed E-state index contributed by atoms with van der Waals surface area (Å²) in [5.41, 5.74) is 2.30. The van der Waals surface area contributed by atoms with E-state index in [1.807, 2.05) is 6.20 Å². The molecule has 0 fully saturated rings. The van der Waals surface area contributed by atoms with Crippen LogP contribution >= 0.6 is 0 Å². The monoisotopic (exact) mass is 174 g/mol. The standard InChI is InChI=1S/C11H14N2/c1-8(2)13-5-4-10-6-9(3)7-12-11(10)13/h4-8H,1-3H3. The van der Waals surface area contributed by atoms with Crippen LogP contribution in [0.1, 0.15) is 25.5 Å². The molecule has 0 saturated carbocycles. The Bertz CT molecular complexity index is 427. The second-order valence-electron chi connectivity index (χ2n) is 3.74. The molecule has 0 saturated heterocycles. The predicted molar refractivity (Wildman–Crippen MR) is 54.9 cm³/mol. The summed E-state index contributed by atoms with van der Waals surface area (Å²) in [7, 11) is 0. The summed E-state index contributed by atoms with van der Waals surface area (Å²) >= 11 is 0. The molecule has 0 aliphatic heterocycles. The Morgan fingerprint density at radius 1 is 1.38 bits per heavy atom. The van der Waals surface area contributed by atoms with Crippen molar-refractivity contribution in [3.05, 3.63) is 30.1 Å². The van der Waals surface area contributed by atoms with Crippen molar-refractivity contribution in [2.75, 3.05) is 0 Å². The highest BCUT2D eigenvalue weighted by atomic mass is 15.0. The van der Waals surface area contributed by atoms with Crippen molar-refractivity contribution < 1.29 is 0 Å². The fourth-order valence-electron chi connectivity index (χ4n) is 1.57. The molecule has 2 heteroatoms. The van der Waals surface area contributed by atoms with Crippen molar-refractivity contribution >= 4 is 11.0 Å². The van der Waals surface area contributed by atoms with Crippen molar-refractivity contribution in [2.45, 2.75) is 26.8 Å². The smallest absolute Gasteiger partial charge is 0.140 e. The lowest BCUT2D eigenvalue weighted by molar-refractivity contribution is 0.618. The van der Waals surface area contributed by atoms with Crippen LogP contribution in [0.15, 0.2) is 24.5 Å². The summed E-state index contributed by atoms with van der Waals surface area (Å²) < 4.78 is 2.19. The van der Waals surface area contributed by atoms with E-state index in [1.165, 1.54) is 10.9 Å². The Morgan fingerprint density at radius 2 is 2.15 bits per heavy atom. The van der Waals surface area contributed by atoms with E-state index in [0.717, 1.165) is 5.65 Å². The molecule has 2 rings (SSSR count). The van der Waals surface area contributed by atoms with Gasteiger partial charge in [0.05, 0.1) is 0 Å². The van der Waals surface area contributed by atoms with Gasteiger partial charge in [0.15, 0.2) is 0 Å². The van der Waals surface area contributed by atoms with Crippen LogP contribution < -0.4 is 0 Å². The second kappa shape index (κ2) is 2.87. The molecule has 0 aliphatic rings. The molecule has 0 bridgehead atoms. The molecule has 2 nitrogen and oxygen atoms in total. The fourth-order valence-corrected chi connectivity index (χ4v) is 1.57. The van der Waals surface area contributed by atoms with Crippen LogP contribution in [0.4, 0.5) is 0 Å². The number of aromatic nitrogens is 2. The first-order valence-electron chi connectivity index (χ1n) is 4.61. The third-order valence-corrected chi connectivity index (χ3v) is 2.25. The molecular formula is C11H14N2. The highest BCUT2D eigenvalue weighted by Crippen LogP contribution is 2.18. The second-order valence-corrected chi connectivity index (χ2v) is 3.74. The van der Waals surface area contributed by atoms with Gasteiger partial charge in [0.1, 0.15) is 5.65 Å². The number of hydrogen-bond donors (Lipinski definition) is 0. The zero-order valence-corrected chi connectivity index (χ0v) is 8.28. The minimum atomic E-state index is 0.479. The van der Waals surface area contributed by atoms with Gasteiger partial charge in [-0.1, -0.05) is 0 Å². The van der Waals surface area contributed by atoms with E-state index in [2.05, 4.69) is 48.7 Å². The average molecular weight is 174 g/mol. The fraction of sp³-hybridized carbons (Fsp3) is 0.364. The number of hydrogen-bond acceptors (Lipinski definition) is 1. The van der Waals surface area contributed by atoms with Crippen LogP contribution in [0.2, 0.25) is 0 Å². The lowest BCUT2D eigenvalue weighted by Crippen LogP contribution is -1.99. The minimum absolute atomic E-state index is 0.479. The lowest BCUT2D eigenvalue weighted by Gasteiger charge is -2.07. The van der Waals surface area contributed by atoms with Crippen LogP contribution in [0.25, 0.3) is 11.0 Å². The number of fused-ring (bicyclic) bond motifs is 1. The van der Waals surface area contributed by atoms with Gasteiger partial charge in [-0.25, -0.2) is 4.98 Å². The minimum Gasteiger partial charge on any atom is -0.330 e. The van der Waals surface area contributed by atoms with Gasteiger partial charge in [0.25, 0.3) is 0 Å². The summed E-state index contributed by atoms with van der Waals surface area (Å²) in [6.07, 6.45) is 4.02. The summed E-state index contributed by atoms with van der Waals surface area (Å²) in [4.78, 5) is 4.42. The van der Waals surface area contributed by atoms with E-state index in [1.54, 1.807) is 0 Å². The summed E-state index contributed by atoms with van der Waals surface area (Å²) in [6.45, 7) is 6.40. The van der Waals surface area contributed by atoms with Crippen molar-refractivity contribution in [3.8, 4) is 0 Å². The van der Waals surface area contributed by atoms with Gasteiger partial charge in [0.2, 0.25) is 0 Å². The van der Waals surface area contributed by atoms with Crippen LogP contribution in [0.5, 0.6) is 0 Å². The van der Waals surface area contributed by atoms with Crippen molar-refractivity contribution in [2.24, 2.45) is 0 Å². The molecule has 2 aromatic heterocycles. The van der Waals surface area contributed by atoms with Crippen LogP contribution in [-0.2, 0) is 0 Å². The molecule has 68 valence electrons. The maximum Gasteiger partial charge on any atom is 0.140 e. The molecule has 0 aliphatic carbocycles. The average Bonchev–Trinajstić information content (AvgIpc) is 2.46. The predicted octanol–water partition coefficient (Wildman–Crippen LogP) is 2.93. The van der Waals surface area contributed by atoms with Gasteiger partial charge in [-0.2, -0.15) is 0 Å². The van der Waals surface area contributed by atoms with E-state index >= 15 is 0 Å². The van der Waals surface area contributed by atoms with Gasteiger partial charge in [0, 0.05) is 23.8 Å². The SMILES string of the molecule is Cc1cnc2c(ccn2C(C)C)c1. The highest BCUT2D eigenvalue weighted by Gasteiger charge is 2.04. The van der Waals surface area contributed by atoms with Gasteiger partial charge < -0.3 is 4.57 Å². The van der Waals surface area contributed by atoms with Gasteiger partial charge in [-0.15, -0.1) is 0 Å². The van der Waals surface area contributed by atoms with E-state index < -0.39 is 0 Å². The van der Waals surface area contributed by atoms with E-state index in [-0.39, 0.29) is 0 Å². The van der Waals surface area contributed by atoms with Gasteiger partial charge >= 0.3 is 0 Å². The molecule has 13 heavy (non-hydrogen) atoms. The summed E-state index contributed by atoms with van der Waals surface area (Å²) in [6, 6.07) is 4.77. The zero-order chi connectivity index (χ0) is 9.42. The number of aryl methyl sites for hydroxylation is 1. The molecule has 0 N–H and O–H groups in total. The molecular weight excluding hydrogens is 160 g/mol. The maximum atomic E-state index is 4.42. The van der Waals surface area contributed by atoms with Gasteiger partial charge in [-0.3, -0.25) is 0 Å². The highest BCUT2D eigenvalue weighted by molar-refractivity contribution is 5.76. The zero-order valence-electron chi connectivity index (χ0n) is 8.28. The molecule has 0 amide bonds. The van der Waals surface area contributed by atoms with E-state index in [0.29, 0.717) is 6.04 Å². The third kappa shape index (κ3) is 1.32. The van der Waals surface area contributed by atoms with Gasteiger partial charge in [-0.05, 0) is 38.5 Å². The quantitative estimate of drug-likeness (QED) is 0.650.